The van der Waals surface area contributed by atoms with Gasteiger partial charge < -0.3 is 15.6 Å². The molecule has 0 spiro atoms. The van der Waals surface area contributed by atoms with Crippen LogP contribution in [0, 0.1) is 5.82 Å². The van der Waals surface area contributed by atoms with Gasteiger partial charge in [0.15, 0.2) is 0 Å². The van der Waals surface area contributed by atoms with Crippen molar-refractivity contribution in [2.24, 2.45) is 10.7 Å². The van der Waals surface area contributed by atoms with Crippen molar-refractivity contribution in [1.82, 2.24) is 4.98 Å². The highest BCUT2D eigenvalue weighted by atomic mass is 19.1. The first kappa shape index (κ1) is 20.6. The molecule has 1 atom stereocenters. The Morgan fingerprint density at radius 1 is 1.00 bits per heavy atom. The van der Waals surface area contributed by atoms with Crippen LogP contribution in [-0.4, -0.2) is 35.1 Å². The molecule has 0 saturated heterocycles. The number of aromatic nitrogens is 1. The number of H-pyrrole nitrogens is 1. The number of halogens is 1. The van der Waals surface area contributed by atoms with E-state index in [1.807, 2.05) is 30.5 Å². The summed E-state index contributed by atoms with van der Waals surface area (Å²) in [5, 5.41) is 0.983. The number of hydrogen-bond donors (Lipinski definition) is 2. The highest BCUT2D eigenvalue weighted by molar-refractivity contribution is 6.20. The summed E-state index contributed by atoms with van der Waals surface area (Å²) >= 11 is 0. The first-order valence-corrected chi connectivity index (χ1v) is 10.6. The van der Waals surface area contributed by atoms with E-state index < -0.39 is 17.8 Å². The number of carbonyl (C=O) groups is 2. The molecule has 0 bridgehead atoms. The number of fused-ring (bicyclic) bond motifs is 2. The molecule has 6 nitrogen and oxygen atoms in total. The largest absolute Gasteiger partial charge is 0.368 e. The molecule has 1 aliphatic rings. The van der Waals surface area contributed by atoms with Crippen molar-refractivity contribution in [2.45, 2.75) is 12.5 Å². The maximum atomic E-state index is 14.9. The van der Waals surface area contributed by atoms with Gasteiger partial charge in [0.25, 0.3) is 5.91 Å². The molecule has 33 heavy (non-hydrogen) atoms. The molecule has 3 N–H and O–H groups in total. The molecular weight excluding hydrogens is 419 g/mol. The summed E-state index contributed by atoms with van der Waals surface area (Å²) in [5.74, 6) is -1.44. The average molecular weight is 440 g/mol. The molecule has 2 amide bonds. The van der Waals surface area contributed by atoms with E-state index in [1.54, 1.807) is 42.5 Å². The first-order valence-electron chi connectivity index (χ1n) is 10.6. The third kappa shape index (κ3) is 3.78. The Kier molecular flexibility index (Phi) is 5.22. The van der Waals surface area contributed by atoms with Gasteiger partial charge in [-0.15, -0.1) is 0 Å². The Morgan fingerprint density at radius 3 is 2.48 bits per heavy atom. The summed E-state index contributed by atoms with van der Waals surface area (Å²) in [6, 6.07) is 20.3. The predicted octanol–water partition coefficient (Wildman–Crippen LogP) is 3.59. The van der Waals surface area contributed by atoms with E-state index >= 15 is 0 Å². The first-order chi connectivity index (χ1) is 16.0. The number of benzene rings is 3. The number of benzodiazepines with no additional fused rings is 1. The van der Waals surface area contributed by atoms with Gasteiger partial charge in [0, 0.05) is 34.6 Å². The lowest BCUT2D eigenvalue weighted by Gasteiger charge is -2.23. The van der Waals surface area contributed by atoms with Gasteiger partial charge in [-0.1, -0.05) is 48.5 Å². The number of rotatable bonds is 5. The molecule has 3 aromatic carbocycles. The van der Waals surface area contributed by atoms with Gasteiger partial charge in [-0.2, -0.15) is 0 Å². The fourth-order valence-electron chi connectivity index (χ4n) is 4.32. The second-order valence-corrected chi connectivity index (χ2v) is 7.94. The van der Waals surface area contributed by atoms with E-state index in [4.69, 9.17) is 10.7 Å². The minimum Gasteiger partial charge on any atom is -0.368 e. The van der Waals surface area contributed by atoms with Crippen LogP contribution in [0.3, 0.4) is 0 Å². The number of hydrogen-bond acceptors (Lipinski definition) is 3. The Morgan fingerprint density at radius 2 is 1.70 bits per heavy atom. The number of aliphatic imine (C=N–C) groups is 1. The highest BCUT2D eigenvalue weighted by Gasteiger charge is 2.33. The summed E-state index contributed by atoms with van der Waals surface area (Å²) in [7, 11) is 0. The van der Waals surface area contributed by atoms with Crippen molar-refractivity contribution >= 4 is 34.1 Å². The number of amides is 2. The normalized spacial score (nSPS) is 15.8. The smallest absolute Gasteiger partial charge is 0.252 e. The SMILES string of the molecule is NC(=O)CN1C(=O)C(Cc2c[nH]c3ccccc23)N=C(c2ccccc2F)c2ccccc21. The van der Waals surface area contributed by atoms with Crippen LogP contribution in [0.1, 0.15) is 16.7 Å². The maximum Gasteiger partial charge on any atom is 0.252 e. The van der Waals surface area contributed by atoms with Gasteiger partial charge in [0.05, 0.1) is 11.4 Å². The number of nitrogens with two attached hydrogens (primary N) is 1. The zero-order valence-corrected chi connectivity index (χ0v) is 17.7. The monoisotopic (exact) mass is 440 g/mol. The number of anilines is 1. The van der Waals surface area contributed by atoms with Gasteiger partial charge in [0.1, 0.15) is 18.4 Å². The third-order valence-corrected chi connectivity index (χ3v) is 5.82. The van der Waals surface area contributed by atoms with E-state index in [9.17, 15) is 14.0 Å². The van der Waals surface area contributed by atoms with Crippen LogP contribution < -0.4 is 10.6 Å². The third-order valence-electron chi connectivity index (χ3n) is 5.82. The summed E-state index contributed by atoms with van der Waals surface area (Å²) < 4.78 is 14.9. The maximum absolute atomic E-state index is 14.9. The number of para-hydroxylation sites is 2. The topological polar surface area (TPSA) is 91.5 Å². The van der Waals surface area contributed by atoms with Crippen LogP contribution in [0.2, 0.25) is 0 Å². The molecule has 0 radical (unpaired) electrons. The molecule has 1 aromatic heterocycles. The van der Waals surface area contributed by atoms with Crippen molar-refractivity contribution < 1.29 is 14.0 Å². The van der Waals surface area contributed by atoms with Crippen molar-refractivity contribution in [3.8, 4) is 0 Å². The van der Waals surface area contributed by atoms with E-state index in [1.165, 1.54) is 11.0 Å². The Bertz CT molecular complexity index is 1410. The van der Waals surface area contributed by atoms with Crippen LogP contribution in [0.15, 0.2) is 84.0 Å². The summed E-state index contributed by atoms with van der Waals surface area (Å²) in [6.45, 7) is -0.291. The second kappa shape index (κ2) is 8.35. The molecule has 4 aromatic rings. The molecule has 0 saturated carbocycles. The molecular formula is C26H21FN4O2. The van der Waals surface area contributed by atoms with Crippen LogP contribution in [0.5, 0.6) is 0 Å². The van der Waals surface area contributed by atoms with Crippen LogP contribution in [0.4, 0.5) is 10.1 Å². The van der Waals surface area contributed by atoms with E-state index in [2.05, 4.69) is 4.98 Å². The van der Waals surface area contributed by atoms with Crippen molar-refractivity contribution in [2.75, 3.05) is 11.4 Å². The minimum atomic E-state index is -0.870. The Hall–Kier alpha value is -4.26. The number of carbonyl (C=O) groups excluding carboxylic acids is 2. The van der Waals surface area contributed by atoms with Gasteiger partial charge in [0.2, 0.25) is 5.91 Å². The van der Waals surface area contributed by atoms with E-state index in [0.29, 0.717) is 22.5 Å². The molecule has 1 aliphatic heterocycles. The molecule has 164 valence electrons. The van der Waals surface area contributed by atoms with Crippen LogP contribution >= 0.6 is 0 Å². The number of nitrogens with one attached hydrogen (secondary N) is 1. The molecule has 0 fully saturated rings. The Labute approximate surface area is 189 Å². The zero-order valence-electron chi connectivity index (χ0n) is 17.7. The fraction of sp³-hybridized carbons (Fsp3) is 0.115. The number of primary amides is 1. The lowest BCUT2D eigenvalue weighted by atomic mass is 9.99. The van der Waals surface area contributed by atoms with Crippen LogP contribution in [0.25, 0.3) is 10.9 Å². The molecule has 5 rings (SSSR count). The van der Waals surface area contributed by atoms with Gasteiger partial charge in [-0.25, -0.2) is 4.39 Å². The lowest BCUT2D eigenvalue weighted by molar-refractivity contribution is -0.123. The molecule has 7 heteroatoms. The standard InChI is InChI=1S/C26H21FN4O2/c27-20-10-4-1-8-18(20)25-19-9-3-6-12-23(19)31(15-24(28)32)26(33)22(30-25)13-16-14-29-21-11-5-2-7-17(16)21/h1-12,14,22,29H,13,15H2,(H2,28,32). The summed E-state index contributed by atoms with van der Waals surface area (Å²) in [4.78, 5) is 34.9. The van der Waals surface area contributed by atoms with Crippen LogP contribution in [-0.2, 0) is 16.0 Å². The van der Waals surface area contributed by atoms with Crippen molar-refractivity contribution in [1.29, 1.82) is 0 Å². The quantitative estimate of drug-likeness (QED) is 0.497. The van der Waals surface area contributed by atoms with E-state index in [0.717, 1.165) is 16.5 Å². The van der Waals surface area contributed by atoms with E-state index in [-0.39, 0.29) is 18.9 Å². The second-order valence-electron chi connectivity index (χ2n) is 7.94. The van der Waals surface area contributed by atoms with Crippen molar-refractivity contribution in [3.63, 3.8) is 0 Å². The summed E-state index contributed by atoms with van der Waals surface area (Å²) in [5.41, 5.74) is 9.05. The van der Waals surface area contributed by atoms with Crippen molar-refractivity contribution in [3.05, 3.63) is 102 Å². The van der Waals surface area contributed by atoms with Gasteiger partial charge in [-0.05, 0) is 29.8 Å². The number of nitrogens with zero attached hydrogens (tertiary/aromatic N) is 2. The van der Waals surface area contributed by atoms with Gasteiger partial charge in [-0.3, -0.25) is 14.6 Å². The number of aromatic amines is 1. The molecule has 0 aliphatic carbocycles. The fourth-order valence-corrected chi connectivity index (χ4v) is 4.32. The lowest BCUT2D eigenvalue weighted by Crippen LogP contribution is -2.43. The zero-order chi connectivity index (χ0) is 22.9. The summed E-state index contributed by atoms with van der Waals surface area (Å²) in [6.07, 6.45) is 2.14. The average Bonchev–Trinajstić information content (AvgIpc) is 3.19. The minimum absolute atomic E-state index is 0.282. The molecule has 2 heterocycles. The van der Waals surface area contributed by atoms with Gasteiger partial charge >= 0.3 is 0 Å². The Balaban J connectivity index is 1.69. The predicted molar refractivity (Wildman–Crippen MR) is 126 cm³/mol. The molecule has 1 unspecified atom stereocenters. The highest BCUT2D eigenvalue weighted by Crippen LogP contribution is 2.31.